The Kier molecular flexibility index (Phi) is 6.59. The van der Waals surface area contributed by atoms with Crippen LogP contribution in [0.1, 0.15) is 63.3 Å². The molecule has 0 bridgehead atoms. The summed E-state index contributed by atoms with van der Waals surface area (Å²) in [7, 11) is 3.98. The number of fused-ring (bicyclic) bond motifs is 1. The fraction of sp³-hybridized carbons (Fsp3) is 0.524. The van der Waals surface area contributed by atoms with Gasteiger partial charge < -0.3 is 14.4 Å². The molecule has 0 aliphatic rings. The molecule has 0 aliphatic carbocycles. The van der Waals surface area contributed by atoms with Crippen LogP contribution in [-0.4, -0.2) is 36.7 Å². The van der Waals surface area contributed by atoms with E-state index in [1.54, 1.807) is 6.92 Å². The van der Waals surface area contributed by atoms with E-state index >= 15 is 0 Å². The molecule has 1 aromatic carbocycles. The highest BCUT2D eigenvalue weighted by Crippen LogP contribution is 2.34. The van der Waals surface area contributed by atoms with E-state index in [4.69, 9.17) is 14.5 Å². The lowest BCUT2D eigenvalue weighted by Crippen LogP contribution is -2.16. The lowest BCUT2D eigenvalue weighted by molar-refractivity contribution is 0.104. The summed E-state index contributed by atoms with van der Waals surface area (Å²) in [6.45, 7) is 11.4. The van der Waals surface area contributed by atoms with Crippen molar-refractivity contribution in [1.29, 1.82) is 0 Å². The van der Waals surface area contributed by atoms with Crippen LogP contribution in [0.5, 0.6) is 5.75 Å². The van der Waals surface area contributed by atoms with E-state index in [1.807, 2.05) is 26.2 Å². The van der Waals surface area contributed by atoms with Crippen LogP contribution < -0.4 is 4.74 Å². The number of carbonyl (C=O) groups is 1. The molecule has 1 heterocycles. The van der Waals surface area contributed by atoms with Crippen molar-refractivity contribution < 1.29 is 14.3 Å². The molecule has 2 rings (SSSR count). The molecule has 142 valence electrons. The molecular weight excluding hydrogens is 328 g/mol. The zero-order valence-corrected chi connectivity index (χ0v) is 16.9. The molecular formula is C21H30N2O3. The van der Waals surface area contributed by atoms with Gasteiger partial charge in [-0.25, -0.2) is 4.79 Å². The number of aromatic nitrogens is 1. The first kappa shape index (κ1) is 20.2. The number of nitrogens with zero attached hydrogens (tertiary/aromatic N) is 2. The first-order valence-corrected chi connectivity index (χ1v) is 9.20. The average molecular weight is 358 g/mol. The van der Waals surface area contributed by atoms with E-state index < -0.39 is 6.16 Å². The van der Waals surface area contributed by atoms with Crippen molar-refractivity contribution in [2.45, 2.75) is 53.0 Å². The summed E-state index contributed by atoms with van der Waals surface area (Å²) < 4.78 is 10.4. The molecule has 0 atom stereocenters. The third-order valence-corrected chi connectivity index (χ3v) is 4.23. The normalized spacial score (nSPS) is 11.6. The van der Waals surface area contributed by atoms with Crippen molar-refractivity contribution in [3.05, 3.63) is 35.0 Å². The van der Waals surface area contributed by atoms with Gasteiger partial charge in [0.15, 0.2) is 0 Å². The summed E-state index contributed by atoms with van der Waals surface area (Å²) in [5.41, 5.74) is 4.24. The van der Waals surface area contributed by atoms with Gasteiger partial charge in [-0.2, -0.15) is 0 Å². The van der Waals surface area contributed by atoms with Gasteiger partial charge in [0.25, 0.3) is 0 Å². The Morgan fingerprint density at radius 2 is 1.85 bits per heavy atom. The predicted molar refractivity (Wildman–Crippen MR) is 105 cm³/mol. The first-order chi connectivity index (χ1) is 12.2. The number of hydrogen-bond donors (Lipinski definition) is 0. The van der Waals surface area contributed by atoms with Crippen molar-refractivity contribution in [2.24, 2.45) is 0 Å². The van der Waals surface area contributed by atoms with Gasteiger partial charge in [-0.1, -0.05) is 27.7 Å². The van der Waals surface area contributed by atoms with Gasteiger partial charge in [-0.15, -0.1) is 0 Å². The SMILES string of the molecule is CCOC(=O)Oc1ccc2nc(C(C)C)c(C(C)C)cc2c1CN(C)C. The fourth-order valence-electron chi connectivity index (χ4n) is 3.05. The molecule has 0 aliphatic heterocycles. The molecule has 5 nitrogen and oxygen atoms in total. The molecule has 0 unspecified atom stereocenters. The van der Waals surface area contributed by atoms with Gasteiger partial charge in [-0.05, 0) is 56.6 Å². The van der Waals surface area contributed by atoms with E-state index in [2.05, 4.69) is 38.7 Å². The van der Waals surface area contributed by atoms with Crippen LogP contribution in [0, 0.1) is 0 Å². The Morgan fingerprint density at radius 1 is 1.15 bits per heavy atom. The molecule has 26 heavy (non-hydrogen) atoms. The van der Waals surface area contributed by atoms with Gasteiger partial charge in [0.1, 0.15) is 5.75 Å². The van der Waals surface area contributed by atoms with Crippen LogP contribution >= 0.6 is 0 Å². The topological polar surface area (TPSA) is 51.7 Å². The van der Waals surface area contributed by atoms with Crippen molar-refractivity contribution in [2.75, 3.05) is 20.7 Å². The fourth-order valence-corrected chi connectivity index (χ4v) is 3.05. The van der Waals surface area contributed by atoms with Crippen LogP contribution in [0.3, 0.4) is 0 Å². The summed E-state index contributed by atoms with van der Waals surface area (Å²) in [6, 6.07) is 5.93. The number of rotatable bonds is 6. The average Bonchev–Trinajstić information content (AvgIpc) is 2.55. The Morgan fingerprint density at radius 3 is 2.38 bits per heavy atom. The zero-order valence-electron chi connectivity index (χ0n) is 16.9. The van der Waals surface area contributed by atoms with Crippen molar-refractivity contribution in [1.82, 2.24) is 9.88 Å². The molecule has 1 aromatic heterocycles. The van der Waals surface area contributed by atoms with Crippen LogP contribution in [0.15, 0.2) is 18.2 Å². The second-order valence-corrected chi connectivity index (χ2v) is 7.40. The van der Waals surface area contributed by atoms with Crippen molar-refractivity contribution in [3.63, 3.8) is 0 Å². The van der Waals surface area contributed by atoms with Crippen LogP contribution in [0.25, 0.3) is 10.9 Å². The highest BCUT2D eigenvalue weighted by Gasteiger charge is 2.19. The maximum Gasteiger partial charge on any atom is 0.513 e. The van der Waals surface area contributed by atoms with Crippen LogP contribution in [0.2, 0.25) is 0 Å². The summed E-state index contributed by atoms with van der Waals surface area (Å²) >= 11 is 0. The largest absolute Gasteiger partial charge is 0.513 e. The summed E-state index contributed by atoms with van der Waals surface area (Å²) in [5.74, 6) is 1.24. The first-order valence-electron chi connectivity index (χ1n) is 9.20. The monoisotopic (exact) mass is 358 g/mol. The Bertz CT molecular complexity index is 782. The molecule has 5 heteroatoms. The molecule has 0 spiro atoms. The van der Waals surface area contributed by atoms with Gasteiger partial charge in [0.2, 0.25) is 0 Å². The van der Waals surface area contributed by atoms with E-state index in [0.29, 0.717) is 24.1 Å². The predicted octanol–water partition coefficient (Wildman–Crippen LogP) is 5.08. The third-order valence-electron chi connectivity index (χ3n) is 4.23. The van der Waals surface area contributed by atoms with E-state index in [1.165, 1.54) is 5.56 Å². The minimum absolute atomic E-state index is 0.284. The molecule has 0 radical (unpaired) electrons. The van der Waals surface area contributed by atoms with Gasteiger partial charge >= 0.3 is 6.16 Å². The lowest BCUT2D eigenvalue weighted by Gasteiger charge is -2.20. The highest BCUT2D eigenvalue weighted by atomic mass is 16.7. The van der Waals surface area contributed by atoms with E-state index in [0.717, 1.165) is 22.2 Å². The molecule has 2 aromatic rings. The standard InChI is InChI=1S/C21H30N2O3/c1-8-25-21(24)26-19-10-9-18-16(17(19)12-23(6)7)11-15(13(2)3)20(22-18)14(4)5/h9-11,13-14H,8,12H2,1-7H3. The minimum Gasteiger partial charge on any atom is -0.434 e. The smallest absolute Gasteiger partial charge is 0.434 e. The summed E-state index contributed by atoms with van der Waals surface area (Å²) in [4.78, 5) is 18.8. The molecule has 0 saturated heterocycles. The van der Waals surface area contributed by atoms with Crippen molar-refractivity contribution >= 4 is 17.1 Å². The zero-order chi connectivity index (χ0) is 19.4. The van der Waals surface area contributed by atoms with E-state index in [9.17, 15) is 4.79 Å². The summed E-state index contributed by atoms with van der Waals surface area (Å²) in [5, 5.41) is 1.02. The van der Waals surface area contributed by atoms with E-state index in [-0.39, 0.29) is 6.61 Å². The molecule has 0 fully saturated rings. The summed E-state index contributed by atoms with van der Waals surface area (Å²) in [6.07, 6.45) is -0.678. The van der Waals surface area contributed by atoms with Gasteiger partial charge in [0, 0.05) is 23.2 Å². The van der Waals surface area contributed by atoms with Gasteiger partial charge in [-0.3, -0.25) is 4.98 Å². The number of hydrogen-bond acceptors (Lipinski definition) is 5. The highest BCUT2D eigenvalue weighted by molar-refractivity contribution is 5.86. The van der Waals surface area contributed by atoms with Gasteiger partial charge in [0.05, 0.1) is 12.1 Å². The Balaban J connectivity index is 2.67. The number of pyridine rings is 1. The third kappa shape index (κ3) is 4.52. The molecule has 0 saturated carbocycles. The van der Waals surface area contributed by atoms with Crippen LogP contribution in [-0.2, 0) is 11.3 Å². The Hall–Kier alpha value is -2.14. The maximum absolute atomic E-state index is 11.8. The van der Waals surface area contributed by atoms with Crippen LogP contribution in [0.4, 0.5) is 4.79 Å². The second-order valence-electron chi connectivity index (χ2n) is 7.40. The Labute approximate surface area is 156 Å². The number of ether oxygens (including phenoxy) is 2. The second kappa shape index (κ2) is 8.49. The maximum atomic E-state index is 11.8. The number of carbonyl (C=O) groups excluding carboxylic acids is 1. The lowest BCUT2D eigenvalue weighted by atomic mass is 9.92. The quantitative estimate of drug-likeness (QED) is 0.532. The minimum atomic E-state index is -0.678. The molecule has 0 N–H and O–H groups in total. The number of benzene rings is 1. The molecule has 0 amide bonds. The van der Waals surface area contributed by atoms with Crippen molar-refractivity contribution in [3.8, 4) is 5.75 Å².